The first-order valence-electron chi connectivity index (χ1n) is 6.90. The number of hydrogen-bond donors (Lipinski definition) is 2. The number of carboxylic acids is 1. The van der Waals surface area contributed by atoms with Crippen molar-refractivity contribution < 1.29 is 14.7 Å². The Morgan fingerprint density at radius 3 is 2.73 bits per heavy atom. The average Bonchev–Trinajstić information content (AvgIpc) is 2.79. The summed E-state index contributed by atoms with van der Waals surface area (Å²) >= 11 is 6.12. The molecule has 0 saturated carbocycles. The van der Waals surface area contributed by atoms with Crippen molar-refractivity contribution in [2.75, 3.05) is 0 Å². The van der Waals surface area contributed by atoms with Gasteiger partial charge in [0.25, 0.3) is 5.91 Å². The van der Waals surface area contributed by atoms with E-state index in [1.165, 1.54) is 11.8 Å². The Morgan fingerprint density at radius 1 is 1.45 bits per heavy atom. The van der Waals surface area contributed by atoms with Crippen LogP contribution < -0.4 is 5.32 Å². The van der Waals surface area contributed by atoms with Crippen LogP contribution in [0.2, 0.25) is 0 Å². The standard InChI is InChI=1S/C9H6N2OS2.C6H12O2/c12-8-7(14-9(13)11-8)5-6-3-1-2-4-10-6;1-2-3-4-5-6(7)8/h1-5H,(H,11,12,13);2-5H2,1H3,(H,7,8)/b7-5-;. The minimum absolute atomic E-state index is 0.148. The predicted molar refractivity (Wildman–Crippen MR) is 92.3 cm³/mol. The third-order valence-corrected chi connectivity index (χ3v) is 3.77. The summed E-state index contributed by atoms with van der Waals surface area (Å²) in [7, 11) is 0. The van der Waals surface area contributed by atoms with Crippen LogP contribution in [-0.2, 0) is 9.59 Å². The first-order valence-corrected chi connectivity index (χ1v) is 8.13. The molecule has 0 aromatic carbocycles. The topological polar surface area (TPSA) is 79.3 Å². The SMILES string of the molecule is CCCCCC(=O)O.O=C1NC(=S)S/C1=C\c1ccccn1. The molecule has 1 aromatic rings. The van der Waals surface area contributed by atoms with E-state index in [4.69, 9.17) is 17.3 Å². The van der Waals surface area contributed by atoms with Gasteiger partial charge in [-0.1, -0.05) is 49.8 Å². The summed E-state index contributed by atoms with van der Waals surface area (Å²) in [6.07, 6.45) is 6.68. The third-order valence-electron chi connectivity index (χ3n) is 2.60. The number of hydrogen-bond acceptors (Lipinski definition) is 5. The number of nitrogens with one attached hydrogen (secondary N) is 1. The molecule has 0 bridgehead atoms. The Hall–Kier alpha value is -1.73. The van der Waals surface area contributed by atoms with Gasteiger partial charge >= 0.3 is 5.97 Å². The molecule has 22 heavy (non-hydrogen) atoms. The van der Waals surface area contributed by atoms with E-state index in [0.717, 1.165) is 25.0 Å². The molecule has 1 fully saturated rings. The van der Waals surface area contributed by atoms with E-state index in [1.54, 1.807) is 12.3 Å². The number of thioether (sulfide) groups is 1. The lowest BCUT2D eigenvalue weighted by molar-refractivity contribution is -0.137. The van der Waals surface area contributed by atoms with Gasteiger partial charge in [-0.2, -0.15) is 0 Å². The zero-order valence-corrected chi connectivity index (χ0v) is 13.9. The van der Waals surface area contributed by atoms with Crippen molar-refractivity contribution in [3.63, 3.8) is 0 Å². The number of unbranched alkanes of at least 4 members (excludes halogenated alkanes) is 2. The van der Waals surface area contributed by atoms with Gasteiger partial charge < -0.3 is 10.4 Å². The number of carbonyl (C=O) groups is 2. The Kier molecular flexibility index (Phi) is 8.39. The van der Waals surface area contributed by atoms with Crippen molar-refractivity contribution in [2.45, 2.75) is 32.6 Å². The lowest BCUT2D eigenvalue weighted by atomic mass is 10.2. The fourth-order valence-electron chi connectivity index (χ4n) is 1.54. The Morgan fingerprint density at radius 2 is 2.23 bits per heavy atom. The monoisotopic (exact) mass is 338 g/mol. The molecule has 0 unspecified atom stereocenters. The van der Waals surface area contributed by atoms with Crippen LogP contribution in [0, 0.1) is 0 Å². The van der Waals surface area contributed by atoms with Crippen molar-refractivity contribution in [3.05, 3.63) is 35.0 Å². The third kappa shape index (κ3) is 7.33. The molecule has 7 heteroatoms. The minimum Gasteiger partial charge on any atom is -0.481 e. The van der Waals surface area contributed by atoms with Crippen LogP contribution >= 0.6 is 24.0 Å². The molecule has 1 saturated heterocycles. The number of nitrogens with zero attached hydrogens (tertiary/aromatic N) is 1. The highest BCUT2D eigenvalue weighted by Gasteiger charge is 2.21. The molecule has 2 N–H and O–H groups in total. The molecular weight excluding hydrogens is 320 g/mol. The number of carboxylic acid groups (broad SMARTS) is 1. The van der Waals surface area contributed by atoms with Gasteiger partial charge in [0.2, 0.25) is 0 Å². The smallest absolute Gasteiger partial charge is 0.303 e. The summed E-state index contributed by atoms with van der Waals surface area (Å²) in [5.41, 5.74) is 0.759. The maximum atomic E-state index is 11.3. The molecule has 0 radical (unpaired) electrons. The molecule has 0 spiro atoms. The van der Waals surface area contributed by atoms with Gasteiger partial charge in [0, 0.05) is 12.6 Å². The van der Waals surface area contributed by atoms with Crippen LogP contribution in [0.4, 0.5) is 0 Å². The Labute approximate surface area is 139 Å². The summed E-state index contributed by atoms with van der Waals surface area (Å²) < 4.78 is 0.497. The van der Waals surface area contributed by atoms with Crippen LogP contribution in [0.5, 0.6) is 0 Å². The van der Waals surface area contributed by atoms with E-state index in [1.807, 2.05) is 18.2 Å². The summed E-state index contributed by atoms with van der Waals surface area (Å²) in [5.74, 6) is -0.830. The second kappa shape index (κ2) is 10.1. The Bertz CT molecular complexity index is 559. The van der Waals surface area contributed by atoms with Gasteiger partial charge in [-0.3, -0.25) is 14.6 Å². The normalized spacial score (nSPS) is 15.2. The van der Waals surface area contributed by atoms with Crippen molar-refractivity contribution in [2.24, 2.45) is 0 Å². The summed E-state index contributed by atoms with van der Waals surface area (Å²) in [6.45, 7) is 2.06. The van der Waals surface area contributed by atoms with Crippen molar-refractivity contribution in [1.82, 2.24) is 10.3 Å². The highest BCUT2D eigenvalue weighted by Crippen LogP contribution is 2.24. The van der Waals surface area contributed by atoms with Crippen LogP contribution in [-0.4, -0.2) is 26.3 Å². The van der Waals surface area contributed by atoms with Gasteiger partial charge in [0.1, 0.15) is 4.32 Å². The van der Waals surface area contributed by atoms with Crippen molar-refractivity contribution in [1.29, 1.82) is 0 Å². The number of carbonyl (C=O) groups excluding carboxylic acids is 1. The van der Waals surface area contributed by atoms with E-state index in [9.17, 15) is 9.59 Å². The minimum atomic E-state index is -0.682. The molecule has 1 aliphatic heterocycles. The van der Waals surface area contributed by atoms with E-state index in [2.05, 4.69) is 17.2 Å². The second-order valence-corrected chi connectivity index (χ2v) is 6.18. The van der Waals surface area contributed by atoms with Crippen LogP contribution in [0.25, 0.3) is 6.08 Å². The number of aliphatic carboxylic acids is 1. The molecule has 1 aromatic heterocycles. The molecule has 1 aliphatic rings. The first-order chi connectivity index (χ1) is 10.5. The number of amides is 1. The van der Waals surface area contributed by atoms with E-state index >= 15 is 0 Å². The molecule has 5 nitrogen and oxygen atoms in total. The lowest BCUT2D eigenvalue weighted by Crippen LogP contribution is -2.17. The average molecular weight is 338 g/mol. The maximum absolute atomic E-state index is 11.3. The fourth-order valence-corrected chi connectivity index (χ4v) is 2.57. The summed E-state index contributed by atoms with van der Waals surface area (Å²) in [4.78, 5) is 25.8. The number of pyridine rings is 1. The van der Waals surface area contributed by atoms with Crippen molar-refractivity contribution >= 4 is 46.3 Å². The number of thiocarbonyl (C=S) groups is 1. The highest BCUT2D eigenvalue weighted by molar-refractivity contribution is 8.26. The molecular formula is C15H18N2O3S2. The van der Waals surface area contributed by atoms with E-state index in [-0.39, 0.29) is 5.91 Å². The predicted octanol–water partition coefficient (Wildman–Crippen LogP) is 3.22. The molecule has 0 atom stereocenters. The molecule has 1 amide bonds. The van der Waals surface area contributed by atoms with Gasteiger partial charge in [-0.05, 0) is 24.6 Å². The molecule has 2 heterocycles. The largest absolute Gasteiger partial charge is 0.481 e. The fraction of sp³-hybridized carbons (Fsp3) is 0.333. The second-order valence-electron chi connectivity index (χ2n) is 4.46. The van der Waals surface area contributed by atoms with Gasteiger partial charge in [-0.15, -0.1) is 0 Å². The van der Waals surface area contributed by atoms with Crippen LogP contribution in [0.1, 0.15) is 38.3 Å². The van der Waals surface area contributed by atoms with Crippen molar-refractivity contribution in [3.8, 4) is 0 Å². The van der Waals surface area contributed by atoms with E-state index < -0.39 is 5.97 Å². The molecule has 118 valence electrons. The summed E-state index contributed by atoms with van der Waals surface area (Å²) in [5, 5.41) is 10.7. The lowest BCUT2D eigenvalue weighted by Gasteiger charge is -1.92. The van der Waals surface area contributed by atoms with Crippen LogP contribution in [0.3, 0.4) is 0 Å². The first kappa shape index (κ1) is 18.3. The van der Waals surface area contributed by atoms with Gasteiger partial charge in [0.15, 0.2) is 0 Å². The molecule has 0 aliphatic carbocycles. The quantitative estimate of drug-likeness (QED) is 0.487. The summed E-state index contributed by atoms with van der Waals surface area (Å²) in [6, 6.07) is 5.53. The van der Waals surface area contributed by atoms with Gasteiger partial charge in [-0.25, -0.2) is 0 Å². The van der Waals surface area contributed by atoms with Crippen LogP contribution in [0.15, 0.2) is 29.3 Å². The number of rotatable bonds is 5. The van der Waals surface area contributed by atoms with Gasteiger partial charge in [0.05, 0.1) is 10.6 Å². The highest BCUT2D eigenvalue weighted by atomic mass is 32.2. The zero-order valence-electron chi connectivity index (χ0n) is 12.2. The van der Waals surface area contributed by atoms with E-state index in [0.29, 0.717) is 15.6 Å². The zero-order chi connectivity index (χ0) is 16.4. The number of aromatic nitrogens is 1. The Balaban J connectivity index is 0.000000261. The maximum Gasteiger partial charge on any atom is 0.303 e. The molecule has 2 rings (SSSR count).